The number of fused-ring (bicyclic) bond motifs is 1. The summed E-state index contributed by atoms with van der Waals surface area (Å²) >= 11 is 0. The normalized spacial score (nSPS) is 24.7. The average Bonchev–Trinajstić information content (AvgIpc) is 3.31. The number of nitrogens with zero attached hydrogens (tertiary/aromatic N) is 2. The SMILES string of the molecule is CC(=O)C1=CC(CCCN2CCC(N3CCCC3)CC2)c2ccccc21. The number of carbonyl (C=O) groups excluding carboxylic acids is 1. The van der Waals surface area contributed by atoms with Crippen molar-refractivity contribution in [2.75, 3.05) is 32.7 Å². The summed E-state index contributed by atoms with van der Waals surface area (Å²) in [4.78, 5) is 17.3. The van der Waals surface area contributed by atoms with Gasteiger partial charge in [-0.2, -0.15) is 0 Å². The van der Waals surface area contributed by atoms with Crippen molar-refractivity contribution in [1.29, 1.82) is 0 Å². The Morgan fingerprint density at radius 1 is 1.08 bits per heavy atom. The van der Waals surface area contributed by atoms with Gasteiger partial charge >= 0.3 is 0 Å². The Bertz CT molecular complexity index is 667. The third kappa shape index (κ3) is 3.79. The van der Waals surface area contributed by atoms with Crippen LogP contribution in [-0.4, -0.2) is 54.3 Å². The van der Waals surface area contributed by atoms with Crippen LogP contribution in [0.1, 0.15) is 62.5 Å². The molecular formula is C23H32N2O. The van der Waals surface area contributed by atoms with Gasteiger partial charge in [0, 0.05) is 17.5 Å². The third-order valence-electron chi connectivity index (χ3n) is 6.60. The van der Waals surface area contributed by atoms with Crippen LogP contribution < -0.4 is 0 Å². The maximum absolute atomic E-state index is 11.9. The minimum Gasteiger partial charge on any atom is -0.303 e. The molecule has 2 fully saturated rings. The lowest BCUT2D eigenvalue weighted by atomic mass is 9.95. The van der Waals surface area contributed by atoms with Crippen molar-refractivity contribution in [2.45, 2.75) is 57.4 Å². The van der Waals surface area contributed by atoms with Crippen molar-refractivity contribution >= 4 is 11.4 Å². The molecule has 3 nitrogen and oxygen atoms in total. The van der Waals surface area contributed by atoms with Crippen LogP contribution in [0.4, 0.5) is 0 Å². The first-order valence-corrected chi connectivity index (χ1v) is 10.5. The van der Waals surface area contributed by atoms with E-state index in [0.717, 1.165) is 23.6 Å². The fraction of sp³-hybridized carbons (Fsp3) is 0.609. The topological polar surface area (TPSA) is 23.6 Å². The van der Waals surface area contributed by atoms with E-state index < -0.39 is 0 Å². The quantitative estimate of drug-likeness (QED) is 0.770. The molecule has 0 amide bonds. The zero-order chi connectivity index (χ0) is 17.9. The lowest BCUT2D eigenvalue weighted by molar-refractivity contribution is -0.111. The molecule has 0 N–H and O–H groups in total. The highest BCUT2D eigenvalue weighted by atomic mass is 16.1. The van der Waals surface area contributed by atoms with Crippen molar-refractivity contribution in [2.24, 2.45) is 0 Å². The van der Waals surface area contributed by atoms with E-state index in [1.807, 2.05) is 6.07 Å². The second-order valence-electron chi connectivity index (χ2n) is 8.29. The summed E-state index contributed by atoms with van der Waals surface area (Å²) in [6, 6.07) is 9.30. The molecule has 1 aliphatic carbocycles. The molecule has 0 bridgehead atoms. The van der Waals surface area contributed by atoms with Gasteiger partial charge in [0.1, 0.15) is 0 Å². The molecule has 1 atom stereocenters. The molecule has 0 spiro atoms. The summed E-state index contributed by atoms with van der Waals surface area (Å²) in [5, 5.41) is 0. The number of benzene rings is 1. The zero-order valence-electron chi connectivity index (χ0n) is 16.1. The predicted molar refractivity (Wildman–Crippen MR) is 107 cm³/mol. The minimum absolute atomic E-state index is 0.198. The van der Waals surface area contributed by atoms with E-state index in [9.17, 15) is 4.79 Å². The molecule has 2 heterocycles. The van der Waals surface area contributed by atoms with Crippen LogP contribution in [-0.2, 0) is 4.79 Å². The predicted octanol–water partition coefficient (Wildman–Crippen LogP) is 4.10. The maximum atomic E-state index is 11.9. The van der Waals surface area contributed by atoms with Gasteiger partial charge in [0.05, 0.1) is 0 Å². The molecule has 1 aromatic carbocycles. The number of hydrogen-bond acceptors (Lipinski definition) is 3. The fourth-order valence-electron chi connectivity index (χ4n) is 5.14. The summed E-state index contributed by atoms with van der Waals surface area (Å²) in [6.07, 6.45) is 10.1. The summed E-state index contributed by atoms with van der Waals surface area (Å²) < 4.78 is 0. The van der Waals surface area contributed by atoms with Crippen molar-refractivity contribution in [1.82, 2.24) is 9.80 Å². The Kier molecular flexibility index (Phi) is 5.56. The smallest absolute Gasteiger partial charge is 0.160 e. The summed E-state index contributed by atoms with van der Waals surface area (Å²) in [6.45, 7) is 8.07. The lowest BCUT2D eigenvalue weighted by Crippen LogP contribution is -2.44. The Morgan fingerprint density at radius 3 is 2.54 bits per heavy atom. The molecule has 4 rings (SSSR count). The van der Waals surface area contributed by atoms with Crippen LogP contribution in [0, 0.1) is 0 Å². The molecule has 0 radical (unpaired) electrons. The molecular weight excluding hydrogens is 320 g/mol. The number of rotatable bonds is 6. The van der Waals surface area contributed by atoms with E-state index in [-0.39, 0.29) is 5.78 Å². The number of Topliss-reactive ketones (excluding diaryl/α,β-unsaturated/α-hetero) is 1. The monoisotopic (exact) mass is 352 g/mol. The number of carbonyl (C=O) groups is 1. The maximum Gasteiger partial charge on any atom is 0.160 e. The van der Waals surface area contributed by atoms with Crippen LogP contribution in [0.5, 0.6) is 0 Å². The first kappa shape index (κ1) is 17.9. The molecule has 26 heavy (non-hydrogen) atoms. The number of likely N-dealkylation sites (tertiary alicyclic amines) is 2. The number of piperidine rings is 1. The summed E-state index contributed by atoms with van der Waals surface area (Å²) in [7, 11) is 0. The van der Waals surface area contributed by atoms with Crippen molar-refractivity contribution in [3.05, 3.63) is 41.5 Å². The molecule has 0 saturated carbocycles. The van der Waals surface area contributed by atoms with E-state index in [1.54, 1.807) is 6.92 Å². The largest absolute Gasteiger partial charge is 0.303 e. The molecule has 1 unspecified atom stereocenters. The number of ketones is 1. The Hall–Kier alpha value is -1.45. The molecule has 140 valence electrons. The van der Waals surface area contributed by atoms with Crippen molar-refractivity contribution in [3.8, 4) is 0 Å². The lowest BCUT2D eigenvalue weighted by Gasteiger charge is -2.36. The molecule has 3 aliphatic rings. The molecule has 3 heteroatoms. The molecule has 2 aliphatic heterocycles. The van der Waals surface area contributed by atoms with Gasteiger partial charge < -0.3 is 9.80 Å². The second-order valence-corrected chi connectivity index (χ2v) is 8.29. The number of allylic oxidation sites excluding steroid dienone is 2. The van der Waals surface area contributed by atoms with Gasteiger partial charge in [0.2, 0.25) is 0 Å². The standard InChI is InChI=1S/C23H32N2O/c1-18(26)23-17-19(21-8-2-3-9-22(21)23)7-6-12-24-15-10-20(11-16-24)25-13-4-5-14-25/h2-3,8-9,17,19-20H,4-7,10-16H2,1H3. The van der Waals surface area contributed by atoms with Gasteiger partial charge in [0.15, 0.2) is 5.78 Å². The van der Waals surface area contributed by atoms with Crippen molar-refractivity contribution in [3.63, 3.8) is 0 Å². The number of hydrogen-bond donors (Lipinski definition) is 0. The Balaban J connectivity index is 1.26. The van der Waals surface area contributed by atoms with E-state index in [1.165, 1.54) is 70.4 Å². The van der Waals surface area contributed by atoms with Gasteiger partial charge in [0.25, 0.3) is 0 Å². The van der Waals surface area contributed by atoms with Crippen LogP contribution in [0.3, 0.4) is 0 Å². The van der Waals surface area contributed by atoms with Crippen LogP contribution in [0.25, 0.3) is 5.57 Å². The van der Waals surface area contributed by atoms with Crippen LogP contribution in [0.15, 0.2) is 30.3 Å². The Labute approximate surface area is 158 Å². The van der Waals surface area contributed by atoms with Gasteiger partial charge in [-0.1, -0.05) is 30.3 Å². The van der Waals surface area contributed by atoms with E-state index in [2.05, 4.69) is 34.1 Å². The second kappa shape index (κ2) is 8.06. The zero-order valence-corrected chi connectivity index (χ0v) is 16.1. The van der Waals surface area contributed by atoms with E-state index in [4.69, 9.17) is 0 Å². The molecule has 2 saturated heterocycles. The van der Waals surface area contributed by atoms with Gasteiger partial charge in [-0.3, -0.25) is 4.79 Å². The van der Waals surface area contributed by atoms with Gasteiger partial charge in [-0.05, 0) is 89.3 Å². The first-order chi connectivity index (χ1) is 12.7. The highest BCUT2D eigenvalue weighted by Gasteiger charge is 2.27. The van der Waals surface area contributed by atoms with Gasteiger partial charge in [-0.15, -0.1) is 0 Å². The van der Waals surface area contributed by atoms with Gasteiger partial charge in [-0.25, -0.2) is 0 Å². The molecule has 0 aromatic heterocycles. The first-order valence-electron chi connectivity index (χ1n) is 10.5. The minimum atomic E-state index is 0.198. The van der Waals surface area contributed by atoms with Crippen LogP contribution in [0.2, 0.25) is 0 Å². The highest BCUT2D eigenvalue weighted by molar-refractivity contribution is 6.21. The Morgan fingerprint density at radius 2 is 1.81 bits per heavy atom. The fourth-order valence-corrected chi connectivity index (χ4v) is 5.14. The van der Waals surface area contributed by atoms with Crippen LogP contribution >= 0.6 is 0 Å². The summed E-state index contributed by atoms with van der Waals surface area (Å²) in [5.41, 5.74) is 3.44. The average molecular weight is 353 g/mol. The third-order valence-corrected chi connectivity index (χ3v) is 6.60. The molecule has 1 aromatic rings. The van der Waals surface area contributed by atoms with E-state index in [0.29, 0.717) is 5.92 Å². The van der Waals surface area contributed by atoms with Crippen molar-refractivity contribution < 1.29 is 4.79 Å². The van der Waals surface area contributed by atoms with E-state index >= 15 is 0 Å². The summed E-state index contributed by atoms with van der Waals surface area (Å²) in [5.74, 6) is 0.621. The highest BCUT2D eigenvalue weighted by Crippen LogP contribution is 2.38.